The summed E-state index contributed by atoms with van der Waals surface area (Å²) in [6.45, 7) is 0. The summed E-state index contributed by atoms with van der Waals surface area (Å²) in [5.41, 5.74) is -1.76. The third-order valence-corrected chi connectivity index (χ3v) is 1.45. The van der Waals surface area contributed by atoms with E-state index < -0.39 is 22.5 Å². The molecule has 2 unspecified atom stereocenters. The van der Waals surface area contributed by atoms with Gasteiger partial charge in [0.15, 0.2) is 11.4 Å². The molecule has 1 aliphatic heterocycles. The summed E-state index contributed by atoms with van der Waals surface area (Å²) in [5, 5.41) is -3.23. The molecule has 0 saturated heterocycles. The second kappa shape index (κ2) is 2.29. The molecule has 1 nitrogen and oxygen atoms in total. The largest absolute Gasteiger partial charge is 0.344 e. The topological polar surface area (TPSA) is 9.23 Å². The highest BCUT2D eigenvalue weighted by Gasteiger charge is 2.48. The van der Waals surface area contributed by atoms with E-state index in [4.69, 9.17) is 11.6 Å². The zero-order valence-electron chi connectivity index (χ0n) is 4.38. The van der Waals surface area contributed by atoms with E-state index in [1.165, 1.54) is 0 Å². The van der Waals surface area contributed by atoms with Crippen molar-refractivity contribution in [2.75, 3.05) is 0 Å². The first-order valence-corrected chi connectivity index (χ1v) is 3.02. The molecule has 0 aliphatic carbocycles. The summed E-state index contributed by atoms with van der Waals surface area (Å²) in [7, 11) is 0. The molecule has 10 heavy (non-hydrogen) atoms. The van der Waals surface area contributed by atoms with Gasteiger partial charge >= 0.3 is 5.31 Å². The Kier molecular flexibility index (Phi) is 1.87. The van der Waals surface area contributed by atoms with E-state index in [1.54, 1.807) is 0 Å². The van der Waals surface area contributed by atoms with Gasteiger partial charge in [0, 0.05) is 0 Å². The van der Waals surface area contributed by atoms with Crippen LogP contribution in [0.5, 0.6) is 0 Å². The monoisotopic (exact) mass is 192 g/mol. The van der Waals surface area contributed by atoms with E-state index in [2.05, 4.69) is 16.3 Å². The van der Waals surface area contributed by atoms with Crippen molar-refractivity contribution in [3.63, 3.8) is 0 Å². The molecule has 0 saturated carbocycles. The van der Waals surface area contributed by atoms with Crippen molar-refractivity contribution in [3.05, 3.63) is 11.7 Å². The molecule has 1 aliphatic rings. The third-order valence-electron chi connectivity index (χ3n) is 0.916. The van der Waals surface area contributed by atoms with Crippen molar-refractivity contribution in [3.8, 4) is 0 Å². The minimum absolute atomic E-state index is 1.51. The first kappa shape index (κ1) is 8.17. The number of alkyl halides is 3. The first-order valence-electron chi connectivity index (χ1n) is 2.20. The van der Waals surface area contributed by atoms with E-state index in [1.807, 2.05) is 0 Å². The third kappa shape index (κ3) is 1.11. The van der Waals surface area contributed by atoms with Crippen LogP contribution in [0.4, 0.5) is 13.2 Å². The molecule has 0 radical (unpaired) electrons. The van der Waals surface area contributed by atoms with Crippen LogP contribution < -0.4 is 0 Å². The molecule has 2 atom stereocenters. The Morgan fingerprint density at radius 2 is 2.00 bits per heavy atom. The molecule has 58 valence electrons. The Labute approximate surface area is 64.4 Å². The van der Waals surface area contributed by atoms with E-state index in [0.717, 1.165) is 0 Å². The van der Waals surface area contributed by atoms with Crippen LogP contribution in [0.1, 0.15) is 0 Å². The lowest BCUT2D eigenvalue weighted by molar-refractivity contribution is -0.0452. The van der Waals surface area contributed by atoms with Gasteiger partial charge in [-0.2, -0.15) is 4.39 Å². The second-order valence-corrected chi connectivity index (χ2v) is 2.50. The summed E-state index contributed by atoms with van der Waals surface area (Å²) in [5.74, 6) is -3.33. The lowest BCUT2D eigenvalue weighted by Gasteiger charge is -2.08. The zero-order chi connectivity index (χ0) is 7.94. The Bertz CT molecular complexity index is 191. The van der Waals surface area contributed by atoms with Gasteiger partial charge in [0.05, 0.1) is 0 Å². The van der Waals surface area contributed by atoms with Crippen molar-refractivity contribution < 1.29 is 17.9 Å². The van der Waals surface area contributed by atoms with Crippen molar-refractivity contribution in [1.29, 1.82) is 0 Å². The summed E-state index contributed by atoms with van der Waals surface area (Å²) < 4.78 is 40.4. The fourth-order valence-electron chi connectivity index (χ4n) is 0.472. The highest BCUT2D eigenvalue weighted by atomic mass is 35.5. The average molecular weight is 193 g/mol. The Balaban J connectivity index is 2.95. The van der Waals surface area contributed by atoms with E-state index in [0.29, 0.717) is 0 Å². The predicted octanol–water partition coefficient (Wildman–Crippen LogP) is 2.59. The van der Waals surface area contributed by atoms with Gasteiger partial charge in [-0.25, -0.2) is 8.78 Å². The number of hydrogen-bond donors (Lipinski definition) is 0. The van der Waals surface area contributed by atoms with Crippen molar-refractivity contribution in [1.82, 2.24) is 0 Å². The molecule has 0 aromatic heterocycles. The van der Waals surface area contributed by atoms with Gasteiger partial charge in [-0.3, -0.25) is 0 Å². The molecule has 0 N–H and O–H groups in total. The molecule has 1 rings (SSSR count). The SMILES string of the molecule is FC1=C(F)C(F)(Cl)OC1Cl. The van der Waals surface area contributed by atoms with Gasteiger partial charge in [0.2, 0.25) is 5.83 Å². The highest BCUT2D eigenvalue weighted by Crippen LogP contribution is 2.42. The van der Waals surface area contributed by atoms with Crippen LogP contribution in [0.15, 0.2) is 11.7 Å². The summed E-state index contributed by atoms with van der Waals surface area (Å²) in [6, 6.07) is 0. The van der Waals surface area contributed by atoms with Gasteiger partial charge in [-0.15, -0.1) is 0 Å². The van der Waals surface area contributed by atoms with Crippen LogP contribution in [0.2, 0.25) is 0 Å². The molecule has 0 aromatic rings. The van der Waals surface area contributed by atoms with Gasteiger partial charge in [-0.05, 0) is 11.6 Å². The van der Waals surface area contributed by atoms with E-state index in [9.17, 15) is 13.2 Å². The minimum Gasteiger partial charge on any atom is -0.302 e. The maximum atomic E-state index is 12.3. The van der Waals surface area contributed by atoms with E-state index in [-0.39, 0.29) is 0 Å². The molecular weight excluding hydrogens is 192 g/mol. The minimum atomic E-state index is -3.23. The second-order valence-electron chi connectivity index (χ2n) is 1.61. The number of ether oxygens (including phenoxy) is 1. The highest BCUT2D eigenvalue weighted by molar-refractivity contribution is 6.26. The van der Waals surface area contributed by atoms with Gasteiger partial charge in [0.25, 0.3) is 0 Å². The smallest absolute Gasteiger partial charge is 0.302 e. The van der Waals surface area contributed by atoms with Gasteiger partial charge in [0.1, 0.15) is 0 Å². The Hall–Kier alpha value is 0.0700. The Morgan fingerprint density at radius 1 is 1.50 bits per heavy atom. The van der Waals surface area contributed by atoms with Crippen LogP contribution in [0.3, 0.4) is 0 Å². The van der Waals surface area contributed by atoms with E-state index >= 15 is 0 Å². The fraction of sp³-hybridized carbons (Fsp3) is 0.500. The van der Waals surface area contributed by atoms with Crippen LogP contribution >= 0.6 is 23.2 Å². The van der Waals surface area contributed by atoms with Crippen LogP contribution in [-0.2, 0) is 4.74 Å². The number of hydrogen-bond acceptors (Lipinski definition) is 1. The molecule has 0 fully saturated rings. The molecule has 1 heterocycles. The fourth-order valence-corrected chi connectivity index (χ4v) is 0.916. The maximum Gasteiger partial charge on any atom is 0.344 e. The van der Waals surface area contributed by atoms with Crippen LogP contribution in [-0.4, -0.2) is 10.9 Å². The molecule has 0 amide bonds. The molecular formula is C4HCl2F3O. The normalized spacial score (nSPS) is 41.1. The summed E-state index contributed by atoms with van der Waals surface area (Å²) in [4.78, 5) is 0. The van der Waals surface area contributed by atoms with Crippen molar-refractivity contribution in [2.45, 2.75) is 10.9 Å². The quantitative estimate of drug-likeness (QED) is 0.537. The zero-order valence-corrected chi connectivity index (χ0v) is 5.89. The number of rotatable bonds is 0. The van der Waals surface area contributed by atoms with Gasteiger partial charge < -0.3 is 4.74 Å². The standard InChI is InChI=1S/C4HCl2F3O/c5-3-1(7)2(8)4(6,9)10-3/h3H. The predicted molar refractivity (Wildman–Crippen MR) is 29.7 cm³/mol. The maximum absolute atomic E-state index is 12.3. The van der Waals surface area contributed by atoms with Crippen LogP contribution in [0, 0.1) is 0 Å². The first-order chi connectivity index (χ1) is 4.45. The van der Waals surface area contributed by atoms with Crippen molar-refractivity contribution >= 4 is 23.2 Å². The molecule has 0 bridgehead atoms. The molecule has 0 aromatic carbocycles. The lowest BCUT2D eigenvalue weighted by atomic mass is 10.5. The summed E-state index contributed by atoms with van der Waals surface area (Å²) in [6.07, 6.45) is 0. The molecule has 6 heteroatoms. The lowest BCUT2D eigenvalue weighted by Crippen LogP contribution is -2.15. The Morgan fingerprint density at radius 3 is 2.10 bits per heavy atom. The van der Waals surface area contributed by atoms with Crippen LogP contribution in [0.25, 0.3) is 0 Å². The summed E-state index contributed by atoms with van der Waals surface area (Å²) >= 11 is 9.58. The number of halogens is 5. The van der Waals surface area contributed by atoms with Gasteiger partial charge in [-0.1, -0.05) is 11.6 Å². The van der Waals surface area contributed by atoms with Crippen molar-refractivity contribution in [2.24, 2.45) is 0 Å². The molecule has 0 spiro atoms. The average Bonchev–Trinajstić information content (AvgIpc) is 1.95.